The maximum atomic E-state index is 12.4. The second-order valence-electron chi connectivity index (χ2n) is 7.28. The predicted molar refractivity (Wildman–Crippen MR) is 140 cm³/mol. The van der Waals surface area contributed by atoms with Crippen LogP contribution in [-0.4, -0.2) is 36.3 Å². The molecule has 7 nitrogen and oxygen atoms in total. The minimum absolute atomic E-state index is 0.0879. The van der Waals surface area contributed by atoms with E-state index < -0.39 is 0 Å². The number of carbonyl (C=O) groups is 2. The van der Waals surface area contributed by atoms with Crippen LogP contribution in [0.15, 0.2) is 89.1 Å². The smallest absolute Gasteiger partial charge is 0.262 e. The molecule has 4 aromatic rings. The molecule has 0 atom stereocenters. The van der Waals surface area contributed by atoms with Crippen LogP contribution in [0.2, 0.25) is 0 Å². The summed E-state index contributed by atoms with van der Waals surface area (Å²) in [6.07, 6.45) is 0. The summed E-state index contributed by atoms with van der Waals surface area (Å²) < 4.78 is 10.7. The number of para-hydroxylation sites is 1. The number of rotatable bonds is 10. The van der Waals surface area contributed by atoms with Crippen LogP contribution >= 0.6 is 23.1 Å². The lowest BCUT2D eigenvalue weighted by molar-refractivity contribution is -0.118. The number of aromatic nitrogens is 1. The molecule has 1 aromatic heterocycles. The third kappa shape index (κ3) is 7.33. The number of nitrogens with zero attached hydrogens (tertiary/aromatic N) is 1. The topological polar surface area (TPSA) is 89.6 Å². The Hall–Kier alpha value is -3.82. The highest BCUT2D eigenvalue weighted by molar-refractivity contribution is 8.00. The number of thioether (sulfide) groups is 1. The summed E-state index contributed by atoms with van der Waals surface area (Å²) in [5.41, 5.74) is 2.33. The van der Waals surface area contributed by atoms with E-state index in [1.54, 1.807) is 25.3 Å². The number of thiazole rings is 1. The van der Waals surface area contributed by atoms with Crippen LogP contribution in [0.25, 0.3) is 11.3 Å². The first-order valence-corrected chi connectivity index (χ1v) is 12.6. The number of methoxy groups -OCH3 is 1. The molecule has 0 aliphatic rings. The van der Waals surface area contributed by atoms with Crippen molar-refractivity contribution in [3.63, 3.8) is 0 Å². The number of carbonyl (C=O) groups excluding carboxylic acids is 2. The van der Waals surface area contributed by atoms with Crippen molar-refractivity contribution in [2.75, 3.05) is 30.1 Å². The van der Waals surface area contributed by atoms with Crippen molar-refractivity contribution in [3.8, 4) is 22.8 Å². The zero-order chi connectivity index (χ0) is 24.5. The molecule has 9 heteroatoms. The summed E-state index contributed by atoms with van der Waals surface area (Å²) in [6, 6.07) is 24.1. The second-order valence-corrected chi connectivity index (χ2v) is 9.19. The highest BCUT2D eigenvalue weighted by atomic mass is 32.2. The number of benzene rings is 3. The fraction of sp³-hybridized carbons (Fsp3) is 0.115. The molecule has 35 heavy (non-hydrogen) atoms. The molecule has 0 unspecified atom stereocenters. The molecule has 0 fully saturated rings. The average molecular weight is 506 g/mol. The zero-order valence-corrected chi connectivity index (χ0v) is 20.5. The lowest BCUT2D eigenvalue weighted by atomic mass is 10.2. The van der Waals surface area contributed by atoms with Gasteiger partial charge >= 0.3 is 0 Å². The van der Waals surface area contributed by atoms with Crippen LogP contribution in [0.5, 0.6) is 11.5 Å². The van der Waals surface area contributed by atoms with Gasteiger partial charge in [-0.3, -0.25) is 9.59 Å². The molecular weight excluding hydrogens is 482 g/mol. The minimum atomic E-state index is -0.260. The first-order chi connectivity index (χ1) is 17.1. The highest BCUT2D eigenvalue weighted by Crippen LogP contribution is 2.28. The van der Waals surface area contributed by atoms with Gasteiger partial charge in [0.05, 0.1) is 18.6 Å². The van der Waals surface area contributed by atoms with Crippen molar-refractivity contribution < 1.29 is 19.1 Å². The Labute approximate surface area is 211 Å². The van der Waals surface area contributed by atoms with Crippen molar-refractivity contribution >= 4 is 45.7 Å². The summed E-state index contributed by atoms with van der Waals surface area (Å²) in [5.74, 6) is 1.17. The Bertz CT molecular complexity index is 1290. The van der Waals surface area contributed by atoms with Gasteiger partial charge in [0.1, 0.15) is 11.5 Å². The Morgan fingerprint density at radius 2 is 1.71 bits per heavy atom. The SMILES string of the molecule is COc1cccc(-c2csc(NC(=O)CSc3cccc(NC(=O)COc4ccccc4)c3)n2)c1. The van der Waals surface area contributed by atoms with Crippen LogP contribution in [0.3, 0.4) is 0 Å². The molecule has 2 amide bonds. The van der Waals surface area contributed by atoms with Gasteiger partial charge in [-0.05, 0) is 42.5 Å². The molecular formula is C26H23N3O4S2. The molecule has 2 N–H and O–H groups in total. The van der Waals surface area contributed by atoms with E-state index in [1.165, 1.54) is 23.1 Å². The number of ether oxygens (including phenoxy) is 2. The van der Waals surface area contributed by atoms with Gasteiger partial charge in [0, 0.05) is 21.5 Å². The van der Waals surface area contributed by atoms with E-state index in [-0.39, 0.29) is 24.2 Å². The van der Waals surface area contributed by atoms with Gasteiger partial charge in [0.25, 0.3) is 5.91 Å². The Balaban J connectivity index is 1.26. The van der Waals surface area contributed by atoms with Gasteiger partial charge in [-0.2, -0.15) is 0 Å². The molecule has 178 valence electrons. The number of amides is 2. The quantitative estimate of drug-likeness (QED) is 0.274. The van der Waals surface area contributed by atoms with Crippen LogP contribution < -0.4 is 20.1 Å². The second kappa shape index (κ2) is 12.0. The molecule has 0 radical (unpaired) electrons. The lowest BCUT2D eigenvalue weighted by Crippen LogP contribution is -2.20. The lowest BCUT2D eigenvalue weighted by Gasteiger charge is -2.09. The standard InChI is InChI=1S/C26H23N3O4S2/c1-32-21-11-5-7-18(13-21)23-16-35-26(28-23)29-25(31)17-34-22-12-6-8-19(14-22)27-24(30)15-33-20-9-3-2-4-10-20/h2-14,16H,15,17H2,1H3,(H,27,30)(H,28,29,31). The van der Waals surface area contributed by atoms with Crippen molar-refractivity contribution in [3.05, 3.63) is 84.2 Å². The normalized spacial score (nSPS) is 10.4. The molecule has 0 bridgehead atoms. The summed E-state index contributed by atoms with van der Waals surface area (Å²) in [5, 5.41) is 8.08. The Morgan fingerprint density at radius 3 is 2.54 bits per heavy atom. The van der Waals surface area contributed by atoms with Crippen molar-refractivity contribution in [1.82, 2.24) is 4.98 Å². The first-order valence-electron chi connectivity index (χ1n) is 10.7. The summed E-state index contributed by atoms with van der Waals surface area (Å²) in [7, 11) is 1.62. The molecule has 0 aliphatic heterocycles. The van der Waals surface area contributed by atoms with E-state index in [2.05, 4.69) is 15.6 Å². The fourth-order valence-electron chi connectivity index (χ4n) is 3.08. The zero-order valence-electron chi connectivity index (χ0n) is 18.9. The fourth-order valence-corrected chi connectivity index (χ4v) is 4.57. The average Bonchev–Trinajstić information content (AvgIpc) is 3.35. The number of hydrogen-bond donors (Lipinski definition) is 2. The van der Waals surface area contributed by atoms with Crippen molar-refractivity contribution in [1.29, 1.82) is 0 Å². The summed E-state index contributed by atoms with van der Waals surface area (Å²) >= 11 is 2.74. The molecule has 0 aliphatic carbocycles. The number of anilines is 2. The third-order valence-electron chi connectivity index (χ3n) is 4.72. The van der Waals surface area contributed by atoms with E-state index in [0.717, 1.165) is 21.9 Å². The molecule has 0 saturated heterocycles. The Morgan fingerprint density at radius 1 is 0.914 bits per heavy atom. The third-order valence-corrected chi connectivity index (χ3v) is 6.47. The Kier molecular flexibility index (Phi) is 8.37. The van der Waals surface area contributed by atoms with Crippen LogP contribution in [0.1, 0.15) is 0 Å². The van der Waals surface area contributed by atoms with Gasteiger partial charge in [-0.15, -0.1) is 23.1 Å². The van der Waals surface area contributed by atoms with Gasteiger partial charge in [0.15, 0.2) is 11.7 Å². The molecule has 0 saturated carbocycles. The number of nitrogens with one attached hydrogen (secondary N) is 2. The molecule has 0 spiro atoms. The summed E-state index contributed by atoms with van der Waals surface area (Å²) in [4.78, 5) is 30.0. The first kappa shape index (κ1) is 24.3. The number of hydrogen-bond acceptors (Lipinski definition) is 7. The van der Waals surface area contributed by atoms with E-state index in [1.807, 2.05) is 66.0 Å². The monoisotopic (exact) mass is 505 g/mol. The molecule has 3 aromatic carbocycles. The van der Waals surface area contributed by atoms with E-state index in [0.29, 0.717) is 16.6 Å². The maximum Gasteiger partial charge on any atom is 0.262 e. The van der Waals surface area contributed by atoms with Crippen molar-refractivity contribution in [2.45, 2.75) is 4.90 Å². The largest absolute Gasteiger partial charge is 0.497 e. The van der Waals surface area contributed by atoms with Crippen molar-refractivity contribution in [2.24, 2.45) is 0 Å². The van der Waals surface area contributed by atoms with Gasteiger partial charge in [-0.1, -0.05) is 36.4 Å². The van der Waals surface area contributed by atoms with E-state index >= 15 is 0 Å². The van der Waals surface area contributed by atoms with E-state index in [9.17, 15) is 9.59 Å². The maximum absolute atomic E-state index is 12.4. The van der Waals surface area contributed by atoms with Crippen LogP contribution in [-0.2, 0) is 9.59 Å². The minimum Gasteiger partial charge on any atom is -0.497 e. The van der Waals surface area contributed by atoms with Gasteiger partial charge in [-0.25, -0.2) is 4.98 Å². The van der Waals surface area contributed by atoms with Gasteiger partial charge in [0.2, 0.25) is 5.91 Å². The summed E-state index contributed by atoms with van der Waals surface area (Å²) in [6.45, 7) is -0.0879. The van der Waals surface area contributed by atoms with Crippen LogP contribution in [0.4, 0.5) is 10.8 Å². The molecule has 1 heterocycles. The molecule has 4 rings (SSSR count). The highest BCUT2D eigenvalue weighted by Gasteiger charge is 2.10. The van der Waals surface area contributed by atoms with Crippen LogP contribution in [0, 0.1) is 0 Å². The van der Waals surface area contributed by atoms with E-state index in [4.69, 9.17) is 9.47 Å². The van der Waals surface area contributed by atoms with Gasteiger partial charge < -0.3 is 20.1 Å². The predicted octanol–water partition coefficient (Wildman–Crippen LogP) is 5.57.